The van der Waals surface area contributed by atoms with Crippen molar-refractivity contribution in [1.82, 2.24) is 14.4 Å². The lowest BCUT2D eigenvalue weighted by Crippen LogP contribution is -2.52. The summed E-state index contributed by atoms with van der Waals surface area (Å²) in [5.74, 6) is -0.183. The smallest absolute Gasteiger partial charge is 0.162 e. The van der Waals surface area contributed by atoms with Crippen molar-refractivity contribution in [2.24, 2.45) is 0 Å². The second-order valence-electron chi connectivity index (χ2n) is 8.49. The van der Waals surface area contributed by atoms with Gasteiger partial charge in [-0.15, -0.1) is 11.3 Å². The molecule has 2 aliphatic rings. The third-order valence-corrected chi connectivity index (χ3v) is 8.11. The second-order valence-corrected chi connectivity index (χ2v) is 10.2. The summed E-state index contributed by atoms with van der Waals surface area (Å²) >= 11 is 7.03. The van der Waals surface area contributed by atoms with Gasteiger partial charge in [-0.25, -0.2) is 4.39 Å². The maximum Gasteiger partial charge on any atom is 0.162 e. The van der Waals surface area contributed by atoms with E-state index in [4.69, 9.17) is 12.2 Å². The predicted octanol–water partition coefficient (Wildman–Crippen LogP) is 5.69. The molecule has 1 aromatic heterocycles. The Morgan fingerprint density at radius 3 is 2.64 bits per heavy atom. The largest absolute Gasteiger partial charge is 0.323 e. The molecule has 1 aliphatic heterocycles. The van der Waals surface area contributed by atoms with Crippen molar-refractivity contribution in [3.63, 3.8) is 0 Å². The van der Waals surface area contributed by atoms with Crippen LogP contribution in [0.5, 0.6) is 0 Å². The van der Waals surface area contributed by atoms with Gasteiger partial charge >= 0.3 is 0 Å². The highest BCUT2D eigenvalue weighted by atomic mass is 32.1. The molecule has 1 atom stereocenters. The Hall–Kier alpha value is -0.820. The van der Waals surface area contributed by atoms with Crippen LogP contribution < -0.4 is 0 Å². The fraction of sp³-hybridized carbons (Fsp3) is 0.682. The van der Waals surface area contributed by atoms with Crippen LogP contribution >= 0.6 is 23.6 Å². The van der Waals surface area contributed by atoms with Gasteiger partial charge in [0.15, 0.2) is 3.95 Å². The Labute approximate surface area is 177 Å². The van der Waals surface area contributed by atoms with Gasteiger partial charge in [-0.1, -0.05) is 19.3 Å². The van der Waals surface area contributed by atoms with Crippen LogP contribution in [0.3, 0.4) is 0 Å². The number of piperazine rings is 1. The van der Waals surface area contributed by atoms with Crippen molar-refractivity contribution in [2.75, 3.05) is 26.2 Å². The molecule has 1 saturated carbocycles. The molecule has 154 valence electrons. The average molecular weight is 422 g/mol. The number of benzene rings is 1. The van der Waals surface area contributed by atoms with E-state index in [0.717, 1.165) is 33.2 Å². The van der Waals surface area contributed by atoms with Gasteiger partial charge in [0, 0.05) is 44.8 Å². The number of hydrogen-bond donors (Lipinski definition) is 0. The van der Waals surface area contributed by atoms with Crippen LogP contribution in [0.4, 0.5) is 4.39 Å². The Morgan fingerprint density at radius 1 is 1.14 bits per heavy atom. The summed E-state index contributed by atoms with van der Waals surface area (Å²) in [6.45, 7) is 8.19. The lowest BCUT2D eigenvalue weighted by Gasteiger charge is -2.42. The molecule has 0 amide bonds. The predicted molar refractivity (Wildman–Crippen MR) is 119 cm³/mol. The normalized spacial score (nSPS) is 21.4. The first kappa shape index (κ1) is 20.5. The first-order chi connectivity index (χ1) is 13.6. The van der Waals surface area contributed by atoms with Crippen molar-refractivity contribution in [2.45, 2.75) is 70.5 Å². The van der Waals surface area contributed by atoms with Crippen LogP contribution in [0.1, 0.15) is 51.9 Å². The van der Waals surface area contributed by atoms with Gasteiger partial charge in [-0.2, -0.15) is 0 Å². The molecule has 4 rings (SSSR count). The van der Waals surface area contributed by atoms with Gasteiger partial charge in [0.2, 0.25) is 0 Å². The molecule has 0 N–H and O–H groups in total. The summed E-state index contributed by atoms with van der Waals surface area (Å²) in [4.78, 5) is 5.41. The molecule has 1 saturated heterocycles. The topological polar surface area (TPSA) is 11.4 Å². The van der Waals surface area contributed by atoms with Crippen molar-refractivity contribution in [3.05, 3.63) is 28.0 Å². The lowest BCUT2D eigenvalue weighted by atomic mass is 9.93. The van der Waals surface area contributed by atoms with Gasteiger partial charge in [0.05, 0.1) is 10.2 Å². The maximum absolute atomic E-state index is 13.4. The zero-order chi connectivity index (χ0) is 19.5. The summed E-state index contributed by atoms with van der Waals surface area (Å²) in [7, 11) is 0. The molecule has 2 aromatic rings. The van der Waals surface area contributed by atoms with Crippen molar-refractivity contribution >= 4 is 33.8 Å². The average Bonchev–Trinajstić information content (AvgIpc) is 3.03. The van der Waals surface area contributed by atoms with Crippen LogP contribution in [0, 0.1) is 9.77 Å². The minimum atomic E-state index is -0.183. The number of rotatable bonds is 6. The zero-order valence-corrected chi connectivity index (χ0v) is 18.5. The number of hydrogen-bond acceptors (Lipinski definition) is 4. The van der Waals surface area contributed by atoms with E-state index in [1.807, 2.05) is 6.07 Å². The van der Waals surface area contributed by atoms with Gasteiger partial charge in [-0.05, 0) is 63.0 Å². The Kier molecular flexibility index (Phi) is 6.81. The van der Waals surface area contributed by atoms with E-state index in [-0.39, 0.29) is 5.82 Å². The minimum absolute atomic E-state index is 0.183. The Morgan fingerprint density at radius 2 is 1.89 bits per heavy atom. The maximum atomic E-state index is 13.4. The molecule has 0 bridgehead atoms. The Balaban J connectivity index is 1.26. The molecule has 2 fully saturated rings. The van der Waals surface area contributed by atoms with E-state index in [9.17, 15) is 4.39 Å². The van der Waals surface area contributed by atoms with Crippen molar-refractivity contribution < 1.29 is 4.39 Å². The molecule has 1 unspecified atom stereocenters. The first-order valence-electron chi connectivity index (χ1n) is 10.9. The van der Waals surface area contributed by atoms with Crippen LogP contribution in [-0.2, 0) is 6.54 Å². The molecular formula is C22H32FN3S2. The van der Waals surface area contributed by atoms with Gasteiger partial charge in [-0.3, -0.25) is 9.80 Å². The number of aromatic nitrogens is 1. The highest BCUT2D eigenvalue weighted by Crippen LogP contribution is 2.26. The standard InChI is InChI=1S/C22H32FN3S2/c1-17(24-12-14-25(15-13-24)19-7-3-2-4-8-19)6-5-11-26-20-10-9-18(23)16-21(20)28-22(26)27/h9-10,16-17,19H,2-8,11-15H2,1H3. The van der Waals surface area contributed by atoms with Crippen LogP contribution in [0.25, 0.3) is 10.2 Å². The minimum Gasteiger partial charge on any atom is -0.323 e. The van der Waals surface area contributed by atoms with Crippen molar-refractivity contribution in [1.29, 1.82) is 0 Å². The number of thiazole rings is 1. The fourth-order valence-electron chi connectivity index (χ4n) is 4.97. The summed E-state index contributed by atoms with van der Waals surface area (Å²) in [5, 5.41) is 0. The van der Waals surface area contributed by atoms with E-state index in [1.165, 1.54) is 82.1 Å². The monoisotopic (exact) mass is 421 g/mol. The highest BCUT2D eigenvalue weighted by molar-refractivity contribution is 7.73. The second kappa shape index (κ2) is 9.33. The highest BCUT2D eigenvalue weighted by Gasteiger charge is 2.26. The fourth-order valence-corrected chi connectivity index (χ4v) is 6.37. The third-order valence-electron chi connectivity index (χ3n) is 6.70. The summed E-state index contributed by atoms with van der Waals surface area (Å²) in [5.41, 5.74) is 1.07. The van der Waals surface area contributed by atoms with E-state index in [0.29, 0.717) is 6.04 Å². The molecule has 28 heavy (non-hydrogen) atoms. The molecule has 6 heteroatoms. The summed E-state index contributed by atoms with van der Waals surface area (Å²) in [6, 6.07) is 6.47. The first-order valence-corrected chi connectivity index (χ1v) is 12.1. The van der Waals surface area contributed by atoms with E-state index in [2.05, 4.69) is 21.3 Å². The number of nitrogens with zero attached hydrogens (tertiary/aromatic N) is 3. The van der Waals surface area contributed by atoms with E-state index in [1.54, 1.807) is 6.07 Å². The molecule has 0 radical (unpaired) electrons. The molecule has 2 heterocycles. The van der Waals surface area contributed by atoms with Gasteiger partial charge in [0.1, 0.15) is 5.82 Å². The lowest BCUT2D eigenvalue weighted by molar-refractivity contribution is 0.0578. The summed E-state index contributed by atoms with van der Waals surface area (Å²) < 4.78 is 17.4. The van der Waals surface area contributed by atoms with E-state index < -0.39 is 0 Å². The van der Waals surface area contributed by atoms with Gasteiger partial charge in [0.25, 0.3) is 0 Å². The number of aryl methyl sites for hydroxylation is 1. The van der Waals surface area contributed by atoms with Gasteiger partial charge < -0.3 is 4.57 Å². The number of fused-ring (bicyclic) bond motifs is 1. The zero-order valence-electron chi connectivity index (χ0n) is 16.9. The number of halogens is 1. The Bertz CT molecular complexity index is 832. The molecule has 3 nitrogen and oxygen atoms in total. The molecule has 1 aromatic carbocycles. The third kappa shape index (κ3) is 4.66. The quantitative estimate of drug-likeness (QED) is 0.556. The van der Waals surface area contributed by atoms with Crippen LogP contribution in [-0.4, -0.2) is 52.6 Å². The van der Waals surface area contributed by atoms with Crippen molar-refractivity contribution in [3.8, 4) is 0 Å². The summed E-state index contributed by atoms with van der Waals surface area (Å²) in [6.07, 6.45) is 9.40. The van der Waals surface area contributed by atoms with Crippen LogP contribution in [0.2, 0.25) is 0 Å². The SMILES string of the molecule is CC(CCCn1c(=S)sc2cc(F)ccc21)N1CCN(C2CCCCC2)CC1. The molecule has 0 spiro atoms. The molecular weight excluding hydrogens is 389 g/mol. The molecule has 1 aliphatic carbocycles. The van der Waals surface area contributed by atoms with Crippen LogP contribution in [0.15, 0.2) is 18.2 Å². The van der Waals surface area contributed by atoms with E-state index >= 15 is 0 Å².